The molecule has 1 saturated heterocycles. The van der Waals surface area contributed by atoms with Crippen molar-refractivity contribution in [1.82, 2.24) is 10.3 Å². The number of carboxylic acid groups (broad SMARTS) is 1. The van der Waals surface area contributed by atoms with Crippen molar-refractivity contribution < 1.29 is 24.2 Å². The van der Waals surface area contributed by atoms with Gasteiger partial charge in [0.05, 0.1) is 22.8 Å². The first kappa shape index (κ1) is 19.8. The molecule has 1 aliphatic rings. The second kappa shape index (κ2) is 8.36. The molecule has 2 heterocycles. The average molecular weight is 417 g/mol. The summed E-state index contributed by atoms with van der Waals surface area (Å²) in [5.41, 5.74) is 1.38. The lowest BCUT2D eigenvalue weighted by Gasteiger charge is -1.97. The highest BCUT2D eigenvalue weighted by Gasteiger charge is 2.25. The molecule has 10 heteroatoms. The maximum absolute atomic E-state index is 12.2. The van der Waals surface area contributed by atoms with E-state index in [0.717, 1.165) is 23.1 Å². The van der Waals surface area contributed by atoms with Gasteiger partial charge in [-0.25, -0.2) is 14.6 Å². The number of ether oxygens (including phenoxy) is 1. The number of aromatic nitrogens is 1. The fraction of sp³-hybridized carbons (Fsp3) is 0.167. The van der Waals surface area contributed by atoms with Gasteiger partial charge in [0.15, 0.2) is 5.17 Å². The van der Waals surface area contributed by atoms with E-state index in [2.05, 4.69) is 15.3 Å². The van der Waals surface area contributed by atoms with Gasteiger partial charge in [-0.1, -0.05) is 23.5 Å². The minimum atomic E-state index is -1.01. The molecule has 0 atom stereocenters. The number of carboxylic acids is 1. The Labute approximate surface area is 168 Å². The lowest BCUT2D eigenvalue weighted by Crippen LogP contribution is -2.19. The summed E-state index contributed by atoms with van der Waals surface area (Å²) in [6.07, 6.45) is 1.64. The summed E-state index contributed by atoms with van der Waals surface area (Å²) in [5, 5.41) is 12.3. The van der Waals surface area contributed by atoms with Crippen molar-refractivity contribution >= 4 is 57.3 Å². The van der Waals surface area contributed by atoms with Gasteiger partial charge in [0.2, 0.25) is 5.13 Å². The summed E-state index contributed by atoms with van der Waals surface area (Å²) < 4.78 is 4.98. The Morgan fingerprint density at radius 2 is 2.04 bits per heavy atom. The monoisotopic (exact) mass is 417 g/mol. The van der Waals surface area contributed by atoms with Crippen LogP contribution in [0.2, 0.25) is 0 Å². The summed E-state index contributed by atoms with van der Waals surface area (Å²) in [6.45, 7) is 3.69. The van der Waals surface area contributed by atoms with Crippen LogP contribution in [0.1, 0.15) is 38.2 Å². The van der Waals surface area contributed by atoms with E-state index in [1.807, 2.05) is 0 Å². The topological polar surface area (TPSA) is 118 Å². The van der Waals surface area contributed by atoms with E-state index in [0.29, 0.717) is 31.3 Å². The van der Waals surface area contributed by atoms with Gasteiger partial charge < -0.3 is 15.2 Å². The van der Waals surface area contributed by atoms with Gasteiger partial charge in [-0.2, -0.15) is 4.99 Å². The van der Waals surface area contributed by atoms with Gasteiger partial charge in [0.1, 0.15) is 4.88 Å². The summed E-state index contributed by atoms with van der Waals surface area (Å²) in [4.78, 5) is 44.2. The molecule has 2 N–H and O–H groups in total. The maximum atomic E-state index is 12.2. The van der Waals surface area contributed by atoms with Crippen molar-refractivity contribution in [2.24, 2.45) is 4.99 Å². The number of aryl methyl sites for hydroxylation is 1. The van der Waals surface area contributed by atoms with E-state index < -0.39 is 11.9 Å². The van der Waals surface area contributed by atoms with Crippen molar-refractivity contribution in [3.8, 4) is 0 Å². The predicted octanol–water partition coefficient (Wildman–Crippen LogP) is 3.22. The number of esters is 1. The molecule has 0 bridgehead atoms. The molecule has 1 aromatic carbocycles. The van der Waals surface area contributed by atoms with Crippen molar-refractivity contribution in [1.29, 1.82) is 0 Å². The quantitative estimate of drug-likeness (QED) is 0.566. The standard InChI is InChI=1S/C18H15N3O5S2/c1-3-26-16(25)13-9(2)19-17(28-13)21-18-20-14(22)12(27-18)8-10-4-6-11(7-5-10)15(23)24/h4-8H,3H2,1-2H3,(H,23,24)(H,19,20,21,22)/b12-8-. The third-order valence-corrected chi connectivity index (χ3v) is 5.49. The smallest absolute Gasteiger partial charge is 0.350 e. The molecule has 0 saturated carbocycles. The number of hydrogen-bond acceptors (Lipinski definition) is 8. The van der Waals surface area contributed by atoms with Crippen molar-refractivity contribution in [3.63, 3.8) is 0 Å². The number of amides is 1. The number of rotatable bonds is 5. The van der Waals surface area contributed by atoms with E-state index in [1.165, 1.54) is 12.1 Å². The molecule has 0 aliphatic carbocycles. The molecular formula is C18H15N3O5S2. The van der Waals surface area contributed by atoms with Gasteiger partial charge in [0, 0.05) is 0 Å². The average Bonchev–Trinajstić information content (AvgIpc) is 3.18. The number of thioether (sulfide) groups is 1. The van der Waals surface area contributed by atoms with Gasteiger partial charge >= 0.3 is 11.9 Å². The van der Waals surface area contributed by atoms with Crippen LogP contribution >= 0.6 is 23.1 Å². The van der Waals surface area contributed by atoms with Crippen molar-refractivity contribution in [3.05, 3.63) is 50.9 Å². The number of nitrogens with one attached hydrogen (secondary N) is 1. The van der Waals surface area contributed by atoms with Gasteiger partial charge in [0.25, 0.3) is 5.91 Å². The Bertz CT molecular complexity index is 1010. The summed E-state index contributed by atoms with van der Waals surface area (Å²) >= 11 is 2.23. The highest BCUT2D eigenvalue weighted by atomic mass is 32.2. The van der Waals surface area contributed by atoms with Gasteiger partial charge in [-0.3, -0.25) is 4.79 Å². The zero-order valence-corrected chi connectivity index (χ0v) is 16.5. The van der Waals surface area contributed by atoms with Crippen LogP contribution in [0.4, 0.5) is 5.13 Å². The van der Waals surface area contributed by atoms with E-state index in [1.54, 1.807) is 32.1 Å². The van der Waals surface area contributed by atoms with E-state index in [4.69, 9.17) is 9.84 Å². The zero-order chi connectivity index (χ0) is 20.3. The van der Waals surface area contributed by atoms with Gasteiger partial charge in [-0.15, -0.1) is 0 Å². The highest BCUT2D eigenvalue weighted by molar-refractivity contribution is 8.18. The second-order valence-electron chi connectivity index (χ2n) is 5.54. The Morgan fingerprint density at radius 3 is 2.68 bits per heavy atom. The number of benzene rings is 1. The molecule has 144 valence electrons. The number of carbonyl (C=O) groups is 3. The summed E-state index contributed by atoms with van der Waals surface area (Å²) in [5.74, 6) is -1.77. The molecule has 1 amide bonds. The maximum Gasteiger partial charge on any atom is 0.350 e. The fourth-order valence-electron chi connectivity index (χ4n) is 2.26. The number of amidine groups is 1. The predicted molar refractivity (Wildman–Crippen MR) is 107 cm³/mol. The van der Waals surface area contributed by atoms with Crippen LogP contribution in [0.3, 0.4) is 0 Å². The number of aromatic carboxylic acids is 1. The van der Waals surface area contributed by atoms with Crippen LogP contribution in [0.25, 0.3) is 6.08 Å². The molecule has 0 radical (unpaired) electrons. The van der Waals surface area contributed by atoms with Crippen LogP contribution in [0.15, 0.2) is 34.2 Å². The van der Waals surface area contributed by atoms with Crippen LogP contribution in [-0.4, -0.2) is 39.7 Å². The molecule has 0 unspecified atom stereocenters. The molecule has 2 aromatic rings. The number of hydrogen-bond donors (Lipinski definition) is 2. The van der Waals surface area contributed by atoms with Gasteiger partial charge in [-0.05, 0) is 49.4 Å². The third-order valence-electron chi connectivity index (χ3n) is 3.55. The first-order valence-electron chi connectivity index (χ1n) is 8.15. The molecule has 28 heavy (non-hydrogen) atoms. The lowest BCUT2D eigenvalue weighted by molar-refractivity contribution is -0.115. The summed E-state index contributed by atoms with van der Waals surface area (Å²) in [6, 6.07) is 6.18. The summed E-state index contributed by atoms with van der Waals surface area (Å²) in [7, 11) is 0. The number of nitrogens with zero attached hydrogens (tertiary/aromatic N) is 2. The molecule has 0 spiro atoms. The molecule has 1 aromatic heterocycles. The minimum Gasteiger partial charge on any atom is -0.478 e. The van der Waals surface area contributed by atoms with Crippen LogP contribution in [-0.2, 0) is 9.53 Å². The van der Waals surface area contributed by atoms with Crippen molar-refractivity contribution in [2.45, 2.75) is 13.8 Å². The lowest BCUT2D eigenvalue weighted by atomic mass is 10.1. The minimum absolute atomic E-state index is 0.171. The Kier molecular flexibility index (Phi) is 5.90. The Balaban J connectivity index is 1.78. The van der Waals surface area contributed by atoms with Crippen LogP contribution in [0, 0.1) is 6.92 Å². The van der Waals surface area contributed by atoms with Crippen molar-refractivity contribution in [2.75, 3.05) is 6.61 Å². The largest absolute Gasteiger partial charge is 0.478 e. The van der Waals surface area contributed by atoms with E-state index in [-0.39, 0.29) is 18.1 Å². The molecule has 1 aliphatic heterocycles. The molecule has 1 fully saturated rings. The molecule has 8 nitrogen and oxygen atoms in total. The normalized spacial score (nSPS) is 16.4. The number of thiazole rings is 1. The number of carbonyl (C=O) groups excluding carboxylic acids is 2. The first-order valence-corrected chi connectivity index (χ1v) is 9.78. The molecular weight excluding hydrogens is 402 g/mol. The zero-order valence-electron chi connectivity index (χ0n) is 14.9. The SMILES string of the molecule is CCOC(=O)c1sc(N=C2NC(=O)/C(=C/c3ccc(C(=O)O)cc3)S2)nc1C. The third kappa shape index (κ3) is 4.46. The number of aliphatic imine (C=N–C) groups is 1. The van der Waals surface area contributed by atoms with E-state index in [9.17, 15) is 14.4 Å². The Hall–Kier alpha value is -2.98. The van der Waals surface area contributed by atoms with Crippen LogP contribution < -0.4 is 5.32 Å². The van der Waals surface area contributed by atoms with E-state index >= 15 is 0 Å². The fourth-order valence-corrected chi connectivity index (χ4v) is 3.98. The second-order valence-corrected chi connectivity index (χ2v) is 7.55. The molecule has 3 rings (SSSR count). The Morgan fingerprint density at radius 1 is 1.32 bits per heavy atom. The van der Waals surface area contributed by atoms with Crippen LogP contribution in [0.5, 0.6) is 0 Å². The first-order chi connectivity index (χ1) is 13.4. The highest BCUT2D eigenvalue weighted by Crippen LogP contribution is 2.31.